The molecule has 0 saturated carbocycles. The van der Waals surface area contributed by atoms with Gasteiger partial charge in [-0.3, -0.25) is 0 Å². The normalized spacial score (nSPS) is 18.0. The smallest absolute Gasteiger partial charge is 0.206 e. The number of aromatic nitrogens is 2. The largest absolute Gasteiger partial charge is 0.376 e. The van der Waals surface area contributed by atoms with Crippen LogP contribution in [0.15, 0.2) is 28.6 Å². The Labute approximate surface area is 133 Å². The maximum absolute atomic E-state index is 5.59. The van der Waals surface area contributed by atoms with Crippen molar-refractivity contribution in [1.82, 2.24) is 10.2 Å². The summed E-state index contributed by atoms with van der Waals surface area (Å²) in [6, 6.07) is 8.62. The molecule has 1 fully saturated rings. The molecule has 112 valence electrons. The SMILES string of the molecule is Cc1ccc(CSc2nnc(NCC3CCCO3)s2)cc1. The van der Waals surface area contributed by atoms with Gasteiger partial charge in [-0.1, -0.05) is 52.9 Å². The van der Waals surface area contributed by atoms with Gasteiger partial charge in [0.25, 0.3) is 0 Å². The standard InChI is InChI=1S/C15H19N3OS2/c1-11-4-6-12(7-5-11)10-20-15-18-17-14(21-15)16-9-13-3-2-8-19-13/h4-7,13H,2-3,8-10H2,1H3,(H,16,17). The van der Waals surface area contributed by atoms with Crippen molar-refractivity contribution in [3.05, 3.63) is 35.4 Å². The molecule has 0 aliphatic carbocycles. The Bertz CT molecular complexity index is 565. The van der Waals surface area contributed by atoms with Gasteiger partial charge in [0.1, 0.15) is 0 Å². The number of anilines is 1. The Balaban J connectivity index is 1.46. The van der Waals surface area contributed by atoms with Crippen molar-refractivity contribution >= 4 is 28.2 Å². The monoisotopic (exact) mass is 321 g/mol. The van der Waals surface area contributed by atoms with Crippen molar-refractivity contribution < 1.29 is 4.74 Å². The molecule has 0 amide bonds. The first kappa shape index (κ1) is 14.8. The van der Waals surface area contributed by atoms with Crippen LogP contribution in [-0.4, -0.2) is 29.5 Å². The highest BCUT2D eigenvalue weighted by Crippen LogP contribution is 2.28. The third kappa shape index (κ3) is 4.43. The summed E-state index contributed by atoms with van der Waals surface area (Å²) >= 11 is 3.34. The maximum atomic E-state index is 5.59. The van der Waals surface area contributed by atoms with E-state index in [4.69, 9.17) is 4.74 Å². The fourth-order valence-electron chi connectivity index (χ4n) is 2.18. The fraction of sp³-hybridized carbons (Fsp3) is 0.467. The van der Waals surface area contributed by atoms with E-state index in [1.807, 2.05) is 0 Å². The van der Waals surface area contributed by atoms with Crippen LogP contribution in [0.2, 0.25) is 0 Å². The first-order valence-electron chi connectivity index (χ1n) is 7.17. The molecule has 6 heteroatoms. The van der Waals surface area contributed by atoms with Crippen molar-refractivity contribution in [1.29, 1.82) is 0 Å². The van der Waals surface area contributed by atoms with E-state index in [0.29, 0.717) is 6.10 Å². The van der Waals surface area contributed by atoms with Crippen molar-refractivity contribution in [3.8, 4) is 0 Å². The summed E-state index contributed by atoms with van der Waals surface area (Å²) in [6.07, 6.45) is 2.64. The van der Waals surface area contributed by atoms with Gasteiger partial charge in [0.15, 0.2) is 4.34 Å². The van der Waals surface area contributed by atoms with Crippen LogP contribution in [0.25, 0.3) is 0 Å². The van der Waals surface area contributed by atoms with E-state index in [0.717, 1.165) is 34.8 Å². The highest BCUT2D eigenvalue weighted by Gasteiger charge is 2.15. The average Bonchev–Trinajstić information content (AvgIpc) is 3.16. The molecule has 2 aromatic rings. The number of thioether (sulfide) groups is 1. The zero-order chi connectivity index (χ0) is 14.5. The first-order valence-corrected chi connectivity index (χ1v) is 8.97. The van der Waals surface area contributed by atoms with Gasteiger partial charge >= 0.3 is 0 Å². The quantitative estimate of drug-likeness (QED) is 0.822. The van der Waals surface area contributed by atoms with E-state index in [1.54, 1.807) is 23.1 Å². The van der Waals surface area contributed by atoms with Gasteiger partial charge in [0.2, 0.25) is 5.13 Å². The molecular weight excluding hydrogens is 302 g/mol. The predicted octanol–water partition coefficient (Wildman–Crippen LogP) is 3.73. The summed E-state index contributed by atoms with van der Waals surface area (Å²) in [5.41, 5.74) is 2.61. The van der Waals surface area contributed by atoms with Crippen LogP contribution in [0.1, 0.15) is 24.0 Å². The van der Waals surface area contributed by atoms with E-state index in [2.05, 4.69) is 46.7 Å². The molecule has 0 bridgehead atoms. The van der Waals surface area contributed by atoms with Crippen LogP contribution in [0, 0.1) is 6.92 Å². The van der Waals surface area contributed by atoms with Crippen molar-refractivity contribution in [2.45, 2.75) is 36.0 Å². The lowest BCUT2D eigenvalue weighted by Gasteiger charge is -2.08. The van der Waals surface area contributed by atoms with Gasteiger partial charge in [-0.15, -0.1) is 10.2 Å². The Morgan fingerprint density at radius 2 is 2.19 bits per heavy atom. The lowest BCUT2D eigenvalue weighted by atomic mass is 10.2. The molecule has 1 aromatic heterocycles. The summed E-state index contributed by atoms with van der Waals surface area (Å²) in [5, 5.41) is 12.6. The van der Waals surface area contributed by atoms with Gasteiger partial charge in [-0.25, -0.2) is 0 Å². The Morgan fingerprint density at radius 3 is 2.95 bits per heavy atom. The Hall–Kier alpha value is -1.11. The third-order valence-corrected chi connectivity index (χ3v) is 5.48. The molecule has 21 heavy (non-hydrogen) atoms. The van der Waals surface area contributed by atoms with E-state index < -0.39 is 0 Å². The van der Waals surface area contributed by atoms with E-state index in [1.165, 1.54) is 17.5 Å². The van der Waals surface area contributed by atoms with Crippen LogP contribution >= 0.6 is 23.1 Å². The molecule has 0 spiro atoms. The molecule has 1 aliphatic rings. The number of aryl methyl sites for hydroxylation is 1. The zero-order valence-electron chi connectivity index (χ0n) is 12.0. The first-order chi connectivity index (χ1) is 10.3. The minimum Gasteiger partial charge on any atom is -0.376 e. The Kier molecular flexibility index (Phi) is 5.11. The molecule has 1 aromatic carbocycles. The average molecular weight is 321 g/mol. The van der Waals surface area contributed by atoms with Crippen LogP contribution in [0.5, 0.6) is 0 Å². The summed E-state index contributed by atoms with van der Waals surface area (Å²) in [5.74, 6) is 0.931. The second-order valence-corrected chi connectivity index (χ2v) is 7.36. The number of benzene rings is 1. The van der Waals surface area contributed by atoms with Gasteiger partial charge in [0, 0.05) is 18.9 Å². The summed E-state index contributed by atoms with van der Waals surface area (Å²) < 4.78 is 6.59. The van der Waals surface area contributed by atoms with E-state index in [9.17, 15) is 0 Å². The van der Waals surface area contributed by atoms with Crippen LogP contribution in [0.4, 0.5) is 5.13 Å². The minimum atomic E-state index is 0.331. The molecule has 4 nitrogen and oxygen atoms in total. The van der Waals surface area contributed by atoms with Crippen LogP contribution in [0.3, 0.4) is 0 Å². The molecular formula is C15H19N3OS2. The van der Waals surface area contributed by atoms with Crippen molar-refractivity contribution in [2.24, 2.45) is 0 Å². The number of ether oxygens (including phenoxy) is 1. The molecule has 3 rings (SSSR count). The second-order valence-electron chi connectivity index (χ2n) is 5.16. The van der Waals surface area contributed by atoms with E-state index in [-0.39, 0.29) is 0 Å². The summed E-state index contributed by atoms with van der Waals surface area (Å²) in [6.45, 7) is 3.82. The minimum absolute atomic E-state index is 0.331. The number of nitrogens with zero attached hydrogens (tertiary/aromatic N) is 2. The molecule has 0 radical (unpaired) electrons. The number of hydrogen-bond acceptors (Lipinski definition) is 6. The highest BCUT2D eigenvalue weighted by atomic mass is 32.2. The predicted molar refractivity (Wildman–Crippen MR) is 88.1 cm³/mol. The van der Waals surface area contributed by atoms with Gasteiger partial charge in [0.05, 0.1) is 6.10 Å². The number of rotatable bonds is 6. The van der Waals surface area contributed by atoms with Gasteiger partial charge in [-0.2, -0.15) is 0 Å². The second kappa shape index (κ2) is 7.24. The van der Waals surface area contributed by atoms with Crippen molar-refractivity contribution in [2.75, 3.05) is 18.5 Å². The van der Waals surface area contributed by atoms with Crippen LogP contribution in [-0.2, 0) is 10.5 Å². The van der Waals surface area contributed by atoms with Gasteiger partial charge < -0.3 is 10.1 Å². The lowest BCUT2D eigenvalue weighted by molar-refractivity contribution is 0.120. The molecule has 1 saturated heterocycles. The molecule has 1 unspecified atom stereocenters. The van der Waals surface area contributed by atoms with Crippen molar-refractivity contribution in [3.63, 3.8) is 0 Å². The summed E-state index contributed by atoms with van der Waals surface area (Å²) in [4.78, 5) is 0. The fourth-order valence-corrected chi connectivity index (χ4v) is 3.89. The highest BCUT2D eigenvalue weighted by molar-refractivity contribution is 8.00. The lowest BCUT2D eigenvalue weighted by Crippen LogP contribution is -2.18. The number of nitrogens with one attached hydrogen (secondary N) is 1. The molecule has 2 heterocycles. The zero-order valence-corrected chi connectivity index (χ0v) is 13.7. The topological polar surface area (TPSA) is 47.0 Å². The number of hydrogen-bond donors (Lipinski definition) is 1. The Morgan fingerprint density at radius 1 is 1.33 bits per heavy atom. The van der Waals surface area contributed by atoms with E-state index >= 15 is 0 Å². The third-order valence-electron chi connectivity index (χ3n) is 3.39. The molecule has 1 N–H and O–H groups in total. The van der Waals surface area contributed by atoms with Crippen LogP contribution < -0.4 is 5.32 Å². The maximum Gasteiger partial charge on any atom is 0.206 e. The molecule has 1 aliphatic heterocycles. The molecule has 1 atom stereocenters. The summed E-state index contributed by atoms with van der Waals surface area (Å²) in [7, 11) is 0. The van der Waals surface area contributed by atoms with Gasteiger partial charge in [-0.05, 0) is 25.3 Å².